The number of aromatic amines is 1. The summed E-state index contributed by atoms with van der Waals surface area (Å²) in [6.45, 7) is 0.892. The third-order valence-corrected chi connectivity index (χ3v) is 6.08. The minimum Gasteiger partial charge on any atom is -0.497 e. The number of amides is 2. The number of benzene rings is 3. The largest absolute Gasteiger partial charge is 0.497 e. The Bertz CT molecular complexity index is 1300. The van der Waals surface area contributed by atoms with Gasteiger partial charge in [-0.15, -0.1) is 0 Å². The molecule has 0 radical (unpaired) electrons. The highest BCUT2D eigenvalue weighted by Crippen LogP contribution is 2.29. The second-order valence-electron chi connectivity index (χ2n) is 8.02. The van der Waals surface area contributed by atoms with Gasteiger partial charge >= 0.3 is 6.03 Å². The van der Waals surface area contributed by atoms with Gasteiger partial charge in [-0.1, -0.05) is 17.7 Å². The van der Waals surface area contributed by atoms with Crippen LogP contribution in [0, 0.1) is 0 Å². The molecular weight excluding hydrogens is 466 g/mol. The van der Waals surface area contributed by atoms with Crippen molar-refractivity contribution in [2.45, 2.75) is 13.0 Å². The third kappa shape index (κ3) is 5.81. The molecular formula is C27H28ClN3O4. The van der Waals surface area contributed by atoms with Crippen LogP contribution in [0.5, 0.6) is 17.2 Å². The summed E-state index contributed by atoms with van der Waals surface area (Å²) < 4.78 is 16.2. The molecule has 0 unspecified atom stereocenters. The van der Waals surface area contributed by atoms with E-state index in [1.807, 2.05) is 42.6 Å². The highest BCUT2D eigenvalue weighted by atomic mass is 35.5. The molecule has 0 saturated heterocycles. The molecule has 35 heavy (non-hydrogen) atoms. The number of ether oxygens (including phenoxy) is 3. The summed E-state index contributed by atoms with van der Waals surface area (Å²) in [5.74, 6) is 2.05. The number of carbonyl (C=O) groups excluding carboxylic acids is 1. The molecule has 0 bridgehead atoms. The first kappa shape index (κ1) is 24.3. The molecule has 3 aromatic carbocycles. The van der Waals surface area contributed by atoms with Crippen LogP contribution in [0.4, 0.5) is 10.5 Å². The zero-order chi connectivity index (χ0) is 24.8. The monoisotopic (exact) mass is 493 g/mol. The van der Waals surface area contributed by atoms with E-state index in [4.69, 9.17) is 25.8 Å². The number of anilines is 1. The van der Waals surface area contributed by atoms with Crippen LogP contribution < -0.4 is 19.5 Å². The lowest BCUT2D eigenvalue weighted by molar-refractivity contribution is 0.209. The fourth-order valence-corrected chi connectivity index (χ4v) is 4.06. The summed E-state index contributed by atoms with van der Waals surface area (Å²) in [6.07, 6.45) is 2.64. The highest BCUT2D eigenvalue weighted by molar-refractivity contribution is 6.30. The molecule has 1 heterocycles. The van der Waals surface area contributed by atoms with Gasteiger partial charge in [0.2, 0.25) is 0 Å². The summed E-state index contributed by atoms with van der Waals surface area (Å²) >= 11 is 5.99. The van der Waals surface area contributed by atoms with Crippen molar-refractivity contribution in [3.05, 3.63) is 83.0 Å². The van der Waals surface area contributed by atoms with Crippen molar-refractivity contribution in [3.8, 4) is 17.2 Å². The summed E-state index contributed by atoms with van der Waals surface area (Å²) in [5.41, 5.74) is 3.73. The number of halogens is 1. The Hall–Kier alpha value is -3.84. The van der Waals surface area contributed by atoms with E-state index in [-0.39, 0.29) is 6.03 Å². The molecule has 2 amide bonds. The van der Waals surface area contributed by atoms with E-state index in [9.17, 15) is 4.79 Å². The Kier molecular flexibility index (Phi) is 7.67. The number of hydrogen-bond donors (Lipinski definition) is 2. The molecule has 0 aliphatic rings. The number of aromatic nitrogens is 1. The molecule has 4 aromatic rings. The van der Waals surface area contributed by atoms with Crippen molar-refractivity contribution < 1.29 is 19.0 Å². The minimum absolute atomic E-state index is 0.209. The normalized spacial score (nSPS) is 10.7. The van der Waals surface area contributed by atoms with Gasteiger partial charge in [-0.2, -0.15) is 0 Å². The van der Waals surface area contributed by atoms with Gasteiger partial charge in [-0.25, -0.2) is 4.79 Å². The lowest BCUT2D eigenvalue weighted by Gasteiger charge is -2.24. The van der Waals surface area contributed by atoms with E-state index in [1.54, 1.807) is 50.5 Å². The topological polar surface area (TPSA) is 75.8 Å². The van der Waals surface area contributed by atoms with Crippen LogP contribution in [-0.4, -0.2) is 43.8 Å². The Labute approximate surface area is 209 Å². The van der Waals surface area contributed by atoms with Crippen molar-refractivity contribution in [1.82, 2.24) is 9.88 Å². The fourth-order valence-electron chi connectivity index (χ4n) is 3.93. The Morgan fingerprint density at radius 1 is 0.943 bits per heavy atom. The quantitative estimate of drug-likeness (QED) is 0.294. The molecule has 1 aromatic heterocycles. The predicted molar refractivity (Wildman–Crippen MR) is 139 cm³/mol. The average molecular weight is 494 g/mol. The smallest absolute Gasteiger partial charge is 0.322 e. The van der Waals surface area contributed by atoms with Gasteiger partial charge in [0.25, 0.3) is 0 Å². The molecule has 182 valence electrons. The number of urea groups is 1. The molecule has 0 atom stereocenters. The average Bonchev–Trinajstić information content (AvgIpc) is 3.29. The highest BCUT2D eigenvalue weighted by Gasteiger charge is 2.17. The number of methoxy groups -OCH3 is 3. The van der Waals surface area contributed by atoms with Crippen LogP contribution in [0.3, 0.4) is 0 Å². The van der Waals surface area contributed by atoms with Crippen molar-refractivity contribution >= 4 is 34.2 Å². The zero-order valence-corrected chi connectivity index (χ0v) is 20.7. The van der Waals surface area contributed by atoms with Crippen molar-refractivity contribution in [1.29, 1.82) is 0 Å². The fraction of sp³-hybridized carbons (Fsp3) is 0.222. The molecule has 8 heteroatoms. The van der Waals surface area contributed by atoms with E-state index in [0.717, 1.165) is 27.8 Å². The molecule has 7 nitrogen and oxygen atoms in total. The summed E-state index contributed by atoms with van der Waals surface area (Å²) in [6, 6.07) is 18.4. The second-order valence-corrected chi connectivity index (χ2v) is 8.46. The standard InChI is InChI=1S/C27H28ClN3O4/c1-33-22-9-10-24-23(15-22)19(16-29-24)12-13-31(27(32)30-21-7-5-20(28)6-8-21)17-18-4-11-25(34-2)26(14-18)35-3/h4-11,14-16,29H,12-13,17H2,1-3H3,(H,30,32). The summed E-state index contributed by atoms with van der Waals surface area (Å²) in [7, 11) is 4.84. The maximum Gasteiger partial charge on any atom is 0.322 e. The van der Waals surface area contributed by atoms with Gasteiger partial charge in [0.15, 0.2) is 11.5 Å². The van der Waals surface area contributed by atoms with Crippen LogP contribution in [0.1, 0.15) is 11.1 Å². The van der Waals surface area contributed by atoms with Crippen molar-refractivity contribution in [2.24, 2.45) is 0 Å². The number of carbonyl (C=O) groups is 1. The second kappa shape index (κ2) is 11.1. The van der Waals surface area contributed by atoms with E-state index in [1.165, 1.54) is 0 Å². The van der Waals surface area contributed by atoms with Gasteiger partial charge in [0.1, 0.15) is 5.75 Å². The molecule has 4 rings (SSSR count). The first-order valence-corrected chi connectivity index (χ1v) is 11.5. The number of H-pyrrole nitrogens is 1. The van der Waals surface area contributed by atoms with E-state index < -0.39 is 0 Å². The number of fused-ring (bicyclic) bond motifs is 1. The van der Waals surface area contributed by atoms with E-state index in [0.29, 0.717) is 41.7 Å². The van der Waals surface area contributed by atoms with Gasteiger partial charge < -0.3 is 29.4 Å². The zero-order valence-electron chi connectivity index (χ0n) is 19.9. The van der Waals surface area contributed by atoms with Gasteiger partial charge in [-0.3, -0.25) is 0 Å². The SMILES string of the molecule is COc1ccc2[nH]cc(CCN(Cc3ccc(OC)c(OC)c3)C(=O)Nc3ccc(Cl)cc3)c2c1. The Morgan fingerprint density at radius 3 is 2.43 bits per heavy atom. The molecule has 0 fully saturated rings. The maximum atomic E-state index is 13.3. The van der Waals surface area contributed by atoms with Crippen molar-refractivity contribution in [3.63, 3.8) is 0 Å². The van der Waals surface area contributed by atoms with Crippen LogP contribution in [0.25, 0.3) is 10.9 Å². The number of nitrogens with one attached hydrogen (secondary N) is 2. The van der Waals surface area contributed by atoms with E-state index >= 15 is 0 Å². The van der Waals surface area contributed by atoms with Gasteiger partial charge in [0, 0.05) is 40.9 Å². The maximum absolute atomic E-state index is 13.3. The first-order valence-electron chi connectivity index (χ1n) is 11.2. The van der Waals surface area contributed by atoms with Gasteiger partial charge in [-0.05, 0) is 72.1 Å². The van der Waals surface area contributed by atoms with Gasteiger partial charge in [0.05, 0.1) is 21.3 Å². The van der Waals surface area contributed by atoms with Crippen LogP contribution in [-0.2, 0) is 13.0 Å². The van der Waals surface area contributed by atoms with Crippen LogP contribution in [0.2, 0.25) is 5.02 Å². The molecule has 0 aliphatic heterocycles. The van der Waals surface area contributed by atoms with Crippen LogP contribution >= 0.6 is 11.6 Å². The lowest BCUT2D eigenvalue weighted by atomic mass is 10.1. The molecule has 0 spiro atoms. The number of nitrogens with zero attached hydrogens (tertiary/aromatic N) is 1. The van der Waals surface area contributed by atoms with Crippen molar-refractivity contribution in [2.75, 3.05) is 33.2 Å². The number of hydrogen-bond acceptors (Lipinski definition) is 4. The van der Waals surface area contributed by atoms with Crippen LogP contribution in [0.15, 0.2) is 66.9 Å². The molecule has 2 N–H and O–H groups in total. The summed E-state index contributed by atoms with van der Waals surface area (Å²) in [4.78, 5) is 18.4. The lowest BCUT2D eigenvalue weighted by Crippen LogP contribution is -2.36. The predicted octanol–water partition coefficient (Wildman–Crippen LogP) is 6.12. The summed E-state index contributed by atoms with van der Waals surface area (Å²) in [5, 5.41) is 4.66. The first-order chi connectivity index (χ1) is 17.0. The molecule has 0 saturated carbocycles. The third-order valence-electron chi connectivity index (χ3n) is 5.83. The minimum atomic E-state index is -0.209. The Balaban J connectivity index is 1.57. The van der Waals surface area contributed by atoms with E-state index in [2.05, 4.69) is 10.3 Å². The number of rotatable bonds is 9. The molecule has 0 aliphatic carbocycles. The Morgan fingerprint density at radius 2 is 1.71 bits per heavy atom.